The van der Waals surface area contributed by atoms with E-state index in [4.69, 9.17) is 9.84 Å². The van der Waals surface area contributed by atoms with Gasteiger partial charge in [-0.15, -0.1) is 0 Å². The molecule has 1 heterocycles. The van der Waals surface area contributed by atoms with E-state index in [2.05, 4.69) is 0 Å². The third kappa shape index (κ3) is 4.54. The van der Waals surface area contributed by atoms with Gasteiger partial charge in [-0.05, 0) is 29.8 Å². The predicted octanol–water partition coefficient (Wildman–Crippen LogP) is 2.00. The number of hydrogen-bond acceptors (Lipinski definition) is 5. The summed E-state index contributed by atoms with van der Waals surface area (Å²) in [5.74, 6) is -2.28. The van der Waals surface area contributed by atoms with Crippen LogP contribution in [-0.4, -0.2) is 46.8 Å². The first-order valence-corrected chi connectivity index (χ1v) is 9.17. The van der Waals surface area contributed by atoms with E-state index in [9.17, 15) is 19.2 Å². The Morgan fingerprint density at radius 2 is 1.77 bits per heavy atom. The summed E-state index contributed by atoms with van der Waals surface area (Å²) < 4.78 is 5.12. The lowest BCUT2D eigenvalue weighted by molar-refractivity contribution is -0.135. The highest BCUT2D eigenvalue weighted by Crippen LogP contribution is 2.27. The number of carbonyl (C=O) groups is 4. The summed E-state index contributed by atoms with van der Waals surface area (Å²) in [5.41, 5.74) is 1.12. The molecule has 1 N–H and O–H groups in total. The minimum absolute atomic E-state index is 0.0269. The predicted molar refractivity (Wildman–Crippen MR) is 108 cm³/mol. The summed E-state index contributed by atoms with van der Waals surface area (Å²) in [6.07, 6.45) is 1.41. The first kappa shape index (κ1) is 20.8. The van der Waals surface area contributed by atoms with Gasteiger partial charge in [0.05, 0.1) is 19.2 Å². The summed E-state index contributed by atoms with van der Waals surface area (Å²) >= 11 is 0. The Bertz CT molecular complexity index is 984. The lowest BCUT2D eigenvalue weighted by atomic mass is 10.1. The molecule has 2 aromatic rings. The van der Waals surface area contributed by atoms with Gasteiger partial charge in [-0.2, -0.15) is 0 Å². The Balaban J connectivity index is 1.90. The molecule has 30 heavy (non-hydrogen) atoms. The SMILES string of the molecule is COc1ccc(CN(C(=O)/C=C\C(=O)O)[C@@H]2CC(=O)N(c3ccccc3)C2=O)cc1. The second kappa shape index (κ2) is 9.04. The minimum atomic E-state index is -1.28. The van der Waals surface area contributed by atoms with Crippen molar-refractivity contribution in [2.45, 2.75) is 19.0 Å². The van der Waals surface area contributed by atoms with Crippen LogP contribution in [0, 0.1) is 0 Å². The van der Waals surface area contributed by atoms with Crippen LogP contribution in [0.25, 0.3) is 0 Å². The number of hydrogen-bond donors (Lipinski definition) is 1. The second-order valence-electron chi connectivity index (χ2n) is 6.61. The van der Waals surface area contributed by atoms with Crippen molar-refractivity contribution in [3.63, 3.8) is 0 Å². The molecule has 1 fully saturated rings. The Morgan fingerprint density at radius 1 is 1.10 bits per heavy atom. The highest BCUT2D eigenvalue weighted by molar-refractivity contribution is 6.23. The van der Waals surface area contributed by atoms with Gasteiger partial charge in [-0.25, -0.2) is 9.69 Å². The van der Waals surface area contributed by atoms with Gasteiger partial charge in [-0.3, -0.25) is 14.4 Å². The van der Waals surface area contributed by atoms with Crippen LogP contribution in [0.5, 0.6) is 5.75 Å². The first-order chi connectivity index (χ1) is 14.4. The average Bonchev–Trinajstić information content (AvgIpc) is 3.05. The summed E-state index contributed by atoms with van der Waals surface area (Å²) in [4.78, 5) is 51.4. The van der Waals surface area contributed by atoms with Crippen molar-refractivity contribution in [3.05, 3.63) is 72.3 Å². The molecule has 8 heteroatoms. The Morgan fingerprint density at radius 3 is 2.37 bits per heavy atom. The average molecular weight is 408 g/mol. The van der Waals surface area contributed by atoms with Crippen LogP contribution in [0.4, 0.5) is 5.69 Å². The van der Waals surface area contributed by atoms with Crippen LogP contribution in [-0.2, 0) is 25.7 Å². The minimum Gasteiger partial charge on any atom is -0.497 e. The number of imide groups is 1. The van der Waals surface area contributed by atoms with E-state index in [0.29, 0.717) is 23.1 Å². The number of carbonyl (C=O) groups excluding carboxylic acids is 3. The van der Waals surface area contributed by atoms with Gasteiger partial charge in [0.15, 0.2) is 0 Å². The maximum absolute atomic E-state index is 13.0. The third-order valence-corrected chi connectivity index (χ3v) is 4.68. The lowest BCUT2D eigenvalue weighted by Gasteiger charge is -2.26. The number of para-hydroxylation sites is 1. The number of methoxy groups -OCH3 is 1. The molecule has 2 aromatic carbocycles. The molecule has 0 bridgehead atoms. The second-order valence-corrected chi connectivity index (χ2v) is 6.61. The van der Waals surface area contributed by atoms with Crippen LogP contribution < -0.4 is 9.64 Å². The highest BCUT2D eigenvalue weighted by Gasteiger charge is 2.44. The van der Waals surface area contributed by atoms with Gasteiger partial charge in [0.1, 0.15) is 11.8 Å². The summed E-state index contributed by atoms with van der Waals surface area (Å²) in [6.45, 7) is 0.0269. The molecule has 0 aromatic heterocycles. The van der Waals surface area contributed by atoms with Crippen molar-refractivity contribution in [3.8, 4) is 5.75 Å². The Kier molecular flexibility index (Phi) is 6.26. The summed E-state index contributed by atoms with van der Waals surface area (Å²) in [6, 6.07) is 14.3. The van der Waals surface area contributed by atoms with Gasteiger partial charge in [0.25, 0.3) is 5.91 Å². The van der Waals surface area contributed by atoms with Gasteiger partial charge >= 0.3 is 5.97 Å². The fourth-order valence-corrected chi connectivity index (χ4v) is 3.22. The van der Waals surface area contributed by atoms with Crippen molar-refractivity contribution in [1.29, 1.82) is 0 Å². The van der Waals surface area contributed by atoms with Gasteiger partial charge < -0.3 is 14.7 Å². The Labute approximate surface area is 173 Å². The molecule has 1 aliphatic rings. The lowest BCUT2D eigenvalue weighted by Crippen LogP contribution is -2.44. The fraction of sp³-hybridized carbons (Fsp3) is 0.182. The molecule has 1 saturated heterocycles. The molecule has 0 unspecified atom stereocenters. The molecule has 3 amide bonds. The summed E-state index contributed by atoms with van der Waals surface area (Å²) in [7, 11) is 1.53. The van der Waals surface area contributed by atoms with Crippen LogP contribution >= 0.6 is 0 Å². The Hall–Kier alpha value is -3.94. The number of carboxylic acids is 1. The van der Waals surface area contributed by atoms with Crippen molar-refractivity contribution in [2.24, 2.45) is 0 Å². The molecule has 0 spiro atoms. The molecule has 154 valence electrons. The van der Waals surface area contributed by atoms with Gasteiger partial charge in [-0.1, -0.05) is 30.3 Å². The van der Waals surface area contributed by atoms with Crippen LogP contribution in [0.3, 0.4) is 0 Å². The quantitative estimate of drug-likeness (QED) is 0.555. The van der Waals surface area contributed by atoms with Gasteiger partial charge in [0, 0.05) is 18.7 Å². The topological polar surface area (TPSA) is 104 Å². The number of benzene rings is 2. The smallest absolute Gasteiger partial charge is 0.328 e. The van der Waals surface area contributed by atoms with Crippen LogP contribution in [0.15, 0.2) is 66.7 Å². The number of ether oxygens (including phenoxy) is 1. The van der Waals surface area contributed by atoms with Crippen molar-refractivity contribution in [2.75, 3.05) is 12.0 Å². The van der Waals surface area contributed by atoms with E-state index in [1.807, 2.05) is 0 Å². The highest BCUT2D eigenvalue weighted by atomic mass is 16.5. The largest absolute Gasteiger partial charge is 0.497 e. The van der Waals surface area contributed by atoms with E-state index < -0.39 is 29.7 Å². The molecule has 1 aliphatic heterocycles. The molecule has 3 rings (SSSR count). The molecule has 0 saturated carbocycles. The number of aliphatic carboxylic acids is 1. The number of rotatable bonds is 7. The number of anilines is 1. The maximum atomic E-state index is 13.0. The first-order valence-electron chi connectivity index (χ1n) is 9.17. The molecule has 0 aliphatic carbocycles. The summed E-state index contributed by atoms with van der Waals surface area (Å²) in [5, 5.41) is 8.84. The zero-order valence-corrected chi connectivity index (χ0v) is 16.2. The van der Waals surface area contributed by atoms with Crippen molar-refractivity contribution in [1.82, 2.24) is 4.90 Å². The molecular weight excluding hydrogens is 388 g/mol. The fourth-order valence-electron chi connectivity index (χ4n) is 3.22. The van der Waals surface area contributed by atoms with Crippen LogP contribution in [0.1, 0.15) is 12.0 Å². The third-order valence-electron chi connectivity index (χ3n) is 4.68. The van der Waals surface area contributed by atoms with E-state index in [-0.39, 0.29) is 13.0 Å². The van der Waals surface area contributed by atoms with E-state index in [1.54, 1.807) is 54.6 Å². The zero-order valence-electron chi connectivity index (χ0n) is 16.2. The normalized spacial score (nSPS) is 16.2. The number of carboxylic acid groups (broad SMARTS) is 1. The standard InChI is InChI=1S/C22H20N2O6/c1-30-17-9-7-15(8-10-17)14-23(19(25)11-12-21(27)28)18-13-20(26)24(22(18)29)16-5-3-2-4-6-16/h2-12,18H,13-14H2,1H3,(H,27,28)/b12-11-/t18-/m1/s1. The zero-order chi connectivity index (χ0) is 21.7. The van der Waals surface area contributed by atoms with E-state index >= 15 is 0 Å². The monoisotopic (exact) mass is 408 g/mol. The maximum Gasteiger partial charge on any atom is 0.328 e. The number of amides is 3. The van der Waals surface area contributed by atoms with E-state index in [0.717, 1.165) is 11.0 Å². The molecular formula is C22H20N2O6. The van der Waals surface area contributed by atoms with Crippen LogP contribution in [0.2, 0.25) is 0 Å². The van der Waals surface area contributed by atoms with Crippen molar-refractivity contribution >= 4 is 29.4 Å². The van der Waals surface area contributed by atoms with Gasteiger partial charge in [0.2, 0.25) is 11.8 Å². The molecule has 1 atom stereocenters. The molecule has 0 radical (unpaired) electrons. The van der Waals surface area contributed by atoms with Crippen molar-refractivity contribution < 1.29 is 29.0 Å². The number of nitrogens with zero attached hydrogens (tertiary/aromatic N) is 2. The van der Waals surface area contributed by atoms with E-state index in [1.165, 1.54) is 12.0 Å². The molecule has 8 nitrogen and oxygen atoms in total.